The molecule has 1 heterocycles. The molecule has 1 aromatic carbocycles. The molecule has 3 N–H and O–H groups in total. The predicted octanol–water partition coefficient (Wildman–Crippen LogP) is 3.45. The zero-order valence-electron chi connectivity index (χ0n) is 25.4. The van der Waals surface area contributed by atoms with Crippen molar-refractivity contribution in [3.8, 4) is 0 Å². The Labute approximate surface area is 247 Å². The number of fused-ring (bicyclic) bond motifs is 1. The summed E-state index contributed by atoms with van der Waals surface area (Å²) in [6.45, 7) is 10.5. The fourth-order valence-electron chi connectivity index (χ4n) is 5.96. The van der Waals surface area contributed by atoms with Crippen LogP contribution in [0.5, 0.6) is 0 Å². The normalized spacial score (nSPS) is 23.6. The molecule has 2 aliphatic rings. The summed E-state index contributed by atoms with van der Waals surface area (Å²) in [5.74, 6) is -4.03. The number of hydrogen-bond acceptors (Lipinski definition) is 6. The lowest BCUT2D eigenvalue weighted by Gasteiger charge is -2.32. The summed E-state index contributed by atoms with van der Waals surface area (Å²) in [5, 5.41) is 8.03. The monoisotopic (exact) mass is 588 g/mol. The number of alkyl carbamates (subject to hydrolysis) is 1. The zero-order valence-corrected chi connectivity index (χ0v) is 25.4. The van der Waals surface area contributed by atoms with Gasteiger partial charge in [0.15, 0.2) is 0 Å². The second-order valence-corrected chi connectivity index (χ2v) is 12.0. The number of carbonyl (C=O) groups excluding carboxylic acids is 5. The summed E-state index contributed by atoms with van der Waals surface area (Å²) in [6, 6.07) is 5.63. The van der Waals surface area contributed by atoms with E-state index in [1.54, 1.807) is 34.6 Å². The number of Topliss-reactive ketones (excluding diaryl/α,β-unsaturated/α-hetero) is 1. The molecule has 4 amide bonds. The lowest BCUT2D eigenvalue weighted by molar-refractivity contribution is -0.144. The number of amides is 4. The van der Waals surface area contributed by atoms with Crippen molar-refractivity contribution in [2.24, 2.45) is 17.8 Å². The van der Waals surface area contributed by atoms with E-state index in [1.165, 1.54) is 4.90 Å². The molecule has 1 aliphatic carbocycles. The molecule has 42 heavy (non-hydrogen) atoms. The summed E-state index contributed by atoms with van der Waals surface area (Å²) >= 11 is 0. The molecule has 1 saturated heterocycles. The summed E-state index contributed by atoms with van der Waals surface area (Å²) in [7, 11) is 0. The maximum atomic E-state index is 14.9. The van der Waals surface area contributed by atoms with Crippen molar-refractivity contribution in [1.82, 2.24) is 20.9 Å². The van der Waals surface area contributed by atoms with Gasteiger partial charge in [-0.1, -0.05) is 57.5 Å². The molecule has 0 radical (unpaired) electrons. The highest BCUT2D eigenvalue weighted by Gasteiger charge is 2.54. The molecular formula is C31H45FN4O6. The molecule has 3 rings (SSSR count). The minimum atomic E-state index is -1.17. The second-order valence-electron chi connectivity index (χ2n) is 12.0. The molecule has 1 unspecified atom stereocenters. The lowest BCUT2D eigenvalue weighted by Crippen LogP contribution is -2.58. The van der Waals surface area contributed by atoms with Gasteiger partial charge in [0.2, 0.25) is 17.6 Å². The van der Waals surface area contributed by atoms with Crippen molar-refractivity contribution in [2.45, 2.75) is 104 Å². The van der Waals surface area contributed by atoms with Gasteiger partial charge < -0.3 is 25.6 Å². The van der Waals surface area contributed by atoms with Gasteiger partial charge in [-0.25, -0.2) is 9.18 Å². The van der Waals surface area contributed by atoms with E-state index < -0.39 is 77.9 Å². The molecule has 10 nitrogen and oxygen atoms in total. The Hall–Kier alpha value is -3.50. The van der Waals surface area contributed by atoms with Crippen LogP contribution in [0.15, 0.2) is 30.3 Å². The molecule has 1 saturated carbocycles. The second kappa shape index (κ2) is 14.6. The Morgan fingerprint density at radius 2 is 1.62 bits per heavy atom. The van der Waals surface area contributed by atoms with E-state index >= 15 is 0 Å². The highest BCUT2D eigenvalue weighted by Crippen LogP contribution is 2.44. The molecular weight excluding hydrogens is 543 g/mol. The maximum Gasteiger partial charge on any atom is 0.408 e. The van der Waals surface area contributed by atoms with Gasteiger partial charge in [0.25, 0.3) is 5.91 Å². The maximum absolute atomic E-state index is 14.9. The SMILES string of the molecule is CCCC(NC(=O)[C@@H]1[C@H]2CC[C@H](F)[C@H]2CN1C(=O)[C@@H](NC(=O)OC(C)C)C(C)C)C(=O)C(=O)N[C@H](C)c1ccccc1. The fourth-order valence-corrected chi connectivity index (χ4v) is 5.96. The number of nitrogens with one attached hydrogen (secondary N) is 3. The lowest BCUT2D eigenvalue weighted by atomic mass is 9.92. The van der Waals surface area contributed by atoms with Crippen molar-refractivity contribution < 1.29 is 33.1 Å². The third-order valence-corrected chi connectivity index (χ3v) is 8.12. The Bertz CT molecular complexity index is 1130. The number of rotatable bonds is 12. The van der Waals surface area contributed by atoms with E-state index in [1.807, 2.05) is 37.3 Å². The molecule has 232 valence electrons. The Morgan fingerprint density at radius 1 is 0.952 bits per heavy atom. The van der Waals surface area contributed by atoms with Gasteiger partial charge in [0.1, 0.15) is 18.3 Å². The number of ketones is 1. The standard InChI is InChI=1S/C31H45FN4O6/c1-7-11-24(27(37)29(39)33-19(6)20-12-9-8-10-13-20)34-28(38)26-21-14-15-23(32)22(21)16-36(26)30(40)25(17(2)3)35-31(41)42-18(4)5/h8-10,12-13,17-19,21-26H,7,11,14-16H2,1-6H3,(H,33,39)(H,34,38)(H,35,41)/t19-,21+,22+,23+,24?,25+,26+/m1/s1. The average Bonchev–Trinajstić information content (AvgIpc) is 3.49. The average molecular weight is 589 g/mol. The van der Waals surface area contributed by atoms with E-state index in [2.05, 4.69) is 16.0 Å². The minimum absolute atomic E-state index is 0.0222. The van der Waals surface area contributed by atoms with Crippen LogP contribution in [0.1, 0.15) is 78.8 Å². The Kier molecular flexibility index (Phi) is 11.5. The van der Waals surface area contributed by atoms with Gasteiger partial charge in [-0.05, 0) is 57.4 Å². The molecule has 11 heteroatoms. The highest BCUT2D eigenvalue weighted by atomic mass is 19.1. The van der Waals surface area contributed by atoms with Crippen molar-refractivity contribution in [2.75, 3.05) is 6.54 Å². The number of alkyl halides is 1. The summed E-state index contributed by atoms with van der Waals surface area (Å²) < 4.78 is 20.0. The van der Waals surface area contributed by atoms with Crippen LogP contribution in [-0.4, -0.2) is 71.4 Å². The number of ether oxygens (including phenoxy) is 1. The van der Waals surface area contributed by atoms with E-state index in [0.717, 1.165) is 5.56 Å². The first-order chi connectivity index (χ1) is 19.8. The van der Waals surface area contributed by atoms with Crippen LogP contribution in [-0.2, 0) is 23.9 Å². The van der Waals surface area contributed by atoms with Crippen LogP contribution in [0.3, 0.4) is 0 Å². The first-order valence-electron chi connectivity index (χ1n) is 15.0. The zero-order chi connectivity index (χ0) is 31.1. The molecule has 0 spiro atoms. The van der Waals surface area contributed by atoms with E-state index in [4.69, 9.17) is 4.74 Å². The van der Waals surface area contributed by atoms with Crippen LogP contribution in [0.4, 0.5) is 9.18 Å². The third kappa shape index (κ3) is 7.86. The first-order valence-corrected chi connectivity index (χ1v) is 15.0. The van der Waals surface area contributed by atoms with E-state index in [-0.39, 0.29) is 25.3 Å². The molecule has 2 fully saturated rings. The van der Waals surface area contributed by atoms with Crippen LogP contribution >= 0.6 is 0 Å². The topological polar surface area (TPSA) is 134 Å². The summed E-state index contributed by atoms with van der Waals surface area (Å²) in [6.07, 6.45) is -0.903. The van der Waals surface area contributed by atoms with E-state index in [9.17, 15) is 28.4 Å². The largest absolute Gasteiger partial charge is 0.447 e. The van der Waals surface area contributed by atoms with Crippen molar-refractivity contribution in [1.29, 1.82) is 0 Å². The quantitative estimate of drug-likeness (QED) is 0.320. The van der Waals surface area contributed by atoms with Crippen LogP contribution in [0.25, 0.3) is 0 Å². The smallest absolute Gasteiger partial charge is 0.408 e. The highest BCUT2D eigenvalue weighted by molar-refractivity contribution is 6.38. The Morgan fingerprint density at radius 3 is 2.21 bits per heavy atom. The van der Waals surface area contributed by atoms with Gasteiger partial charge in [0, 0.05) is 12.5 Å². The van der Waals surface area contributed by atoms with Crippen molar-refractivity contribution in [3.63, 3.8) is 0 Å². The summed E-state index contributed by atoms with van der Waals surface area (Å²) in [4.78, 5) is 67.4. The van der Waals surface area contributed by atoms with Crippen molar-refractivity contribution in [3.05, 3.63) is 35.9 Å². The molecule has 1 aromatic rings. The first kappa shape index (κ1) is 33.0. The van der Waals surface area contributed by atoms with E-state index in [0.29, 0.717) is 12.8 Å². The molecule has 7 atom stereocenters. The molecule has 1 aliphatic heterocycles. The van der Waals surface area contributed by atoms with Crippen LogP contribution in [0, 0.1) is 17.8 Å². The number of nitrogens with zero attached hydrogens (tertiary/aromatic N) is 1. The number of halogens is 1. The van der Waals surface area contributed by atoms with Crippen LogP contribution < -0.4 is 16.0 Å². The number of carbonyl (C=O) groups is 5. The van der Waals surface area contributed by atoms with Gasteiger partial charge in [-0.2, -0.15) is 0 Å². The van der Waals surface area contributed by atoms with Crippen molar-refractivity contribution >= 4 is 29.6 Å². The summed E-state index contributed by atoms with van der Waals surface area (Å²) in [5.41, 5.74) is 0.827. The predicted molar refractivity (Wildman–Crippen MR) is 155 cm³/mol. The fraction of sp³-hybridized carbons (Fsp3) is 0.645. The number of benzene rings is 1. The van der Waals surface area contributed by atoms with Gasteiger partial charge >= 0.3 is 6.09 Å². The van der Waals surface area contributed by atoms with Crippen LogP contribution in [0.2, 0.25) is 0 Å². The Balaban J connectivity index is 1.79. The number of likely N-dealkylation sites (tertiary alicyclic amines) is 1. The number of hydrogen-bond donors (Lipinski definition) is 3. The van der Waals surface area contributed by atoms with Gasteiger partial charge in [-0.3, -0.25) is 19.2 Å². The minimum Gasteiger partial charge on any atom is -0.447 e. The molecule has 0 bridgehead atoms. The molecule has 0 aromatic heterocycles. The van der Waals surface area contributed by atoms with Gasteiger partial charge in [-0.15, -0.1) is 0 Å². The van der Waals surface area contributed by atoms with Gasteiger partial charge in [0.05, 0.1) is 18.2 Å². The third-order valence-electron chi connectivity index (χ3n) is 8.12.